The summed E-state index contributed by atoms with van der Waals surface area (Å²) in [6.45, 7) is 0.391. The topological polar surface area (TPSA) is 86.5 Å². The lowest BCUT2D eigenvalue weighted by atomic mass is 10.3. The van der Waals surface area contributed by atoms with E-state index in [0.717, 1.165) is 22.6 Å². The molecular formula is C13H13N5O. The number of carbonyl (C=O) groups excluding carboxylic acids is 1. The molecule has 19 heavy (non-hydrogen) atoms. The minimum atomic E-state index is -0.0651. The van der Waals surface area contributed by atoms with E-state index in [2.05, 4.69) is 25.5 Å². The average molecular weight is 255 g/mol. The maximum atomic E-state index is 11.7. The van der Waals surface area contributed by atoms with Gasteiger partial charge < -0.3 is 10.3 Å². The maximum absolute atomic E-state index is 11.7. The Kier molecular flexibility index (Phi) is 2.97. The predicted octanol–water partition coefficient (Wildman–Crippen LogP) is 1.14. The zero-order chi connectivity index (χ0) is 13.1. The predicted molar refractivity (Wildman–Crippen MR) is 70.2 cm³/mol. The molecule has 0 aliphatic rings. The molecule has 0 saturated heterocycles. The van der Waals surface area contributed by atoms with E-state index < -0.39 is 0 Å². The first-order chi connectivity index (χ1) is 9.31. The Morgan fingerprint density at radius 2 is 2.16 bits per heavy atom. The van der Waals surface area contributed by atoms with Crippen LogP contribution in [0.15, 0.2) is 36.5 Å². The van der Waals surface area contributed by atoms with Crippen LogP contribution in [-0.2, 0) is 17.8 Å². The summed E-state index contributed by atoms with van der Waals surface area (Å²) < 4.78 is 0. The average Bonchev–Trinajstić information content (AvgIpc) is 3.04. The molecule has 0 atom stereocenters. The number of H-pyrrole nitrogens is 2. The second-order valence-electron chi connectivity index (χ2n) is 4.24. The number of fused-ring (bicyclic) bond motifs is 1. The summed E-state index contributed by atoms with van der Waals surface area (Å²) in [6.07, 6.45) is 1.92. The summed E-state index contributed by atoms with van der Waals surface area (Å²) in [4.78, 5) is 19.3. The molecule has 0 aliphatic heterocycles. The summed E-state index contributed by atoms with van der Waals surface area (Å²) in [6, 6.07) is 9.55. The van der Waals surface area contributed by atoms with Crippen LogP contribution < -0.4 is 5.32 Å². The second-order valence-corrected chi connectivity index (χ2v) is 4.24. The van der Waals surface area contributed by atoms with Crippen molar-refractivity contribution in [2.45, 2.75) is 13.0 Å². The van der Waals surface area contributed by atoms with Crippen LogP contribution in [0.1, 0.15) is 11.5 Å². The van der Waals surface area contributed by atoms with E-state index in [1.54, 1.807) is 12.3 Å². The van der Waals surface area contributed by atoms with E-state index >= 15 is 0 Å². The van der Waals surface area contributed by atoms with Gasteiger partial charge in [0.2, 0.25) is 5.91 Å². The number of carbonyl (C=O) groups is 1. The zero-order valence-electron chi connectivity index (χ0n) is 10.2. The van der Waals surface area contributed by atoms with Gasteiger partial charge in [0, 0.05) is 11.9 Å². The van der Waals surface area contributed by atoms with Crippen LogP contribution in [0.4, 0.5) is 0 Å². The largest absolute Gasteiger partial charge is 0.349 e. The third-order valence-corrected chi connectivity index (χ3v) is 2.80. The van der Waals surface area contributed by atoms with Crippen molar-refractivity contribution >= 4 is 16.9 Å². The number of hydrogen-bond donors (Lipinski definition) is 3. The third kappa shape index (κ3) is 2.62. The molecule has 3 N–H and O–H groups in total. The van der Waals surface area contributed by atoms with Crippen molar-refractivity contribution < 1.29 is 4.79 Å². The molecule has 1 aromatic carbocycles. The van der Waals surface area contributed by atoms with Gasteiger partial charge in [-0.3, -0.25) is 9.89 Å². The van der Waals surface area contributed by atoms with Crippen molar-refractivity contribution in [3.8, 4) is 0 Å². The first-order valence-corrected chi connectivity index (χ1v) is 6.00. The molecule has 2 aromatic heterocycles. The minimum absolute atomic E-state index is 0.0651. The van der Waals surface area contributed by atoms with Gasteiger partial charge in [-0.1, -0.05) is 12.1 Å². The molecule has 0 aliphatic carbocycles. The fraction of sp³-hybridized carbons (Fsp3) is 0.154. The molecule has 1 amide bonds. The van der Waals surface area contributed by atoms with E-state index in [9.17, 15) is 4.79 Å². The lowest BCUT2D eigenvalue weighted by Crippen LogP contribution is -2.25. The van der Waals surface area contributed by atoms with Crippen LogP contribution in [0, 0.1) is 0 Å². The fourth-order valence-electron chi connectivity index (χ4n) is 1.89. The highest BCUT2D eigenvalue weighted by Gasteiger charge is 2.06. The number of aromatic amines is 2. The van der Waals surface area contributed by atoms with Gasteiger partial charge in [0.15, 0.2) is 0 Å². The molecule has 6 heteroatoms. The summed E-state index contributed by atoms with van der Waals surface area (Å²) in [5.41, 5.74) is 2.67. The van der Waals surface area contributed by atoms with Crippen molar-refractivity contribution in [1.29, 1.82) is 0 Å². The summed E-state index contributed by atoms with van der Waals surface area (Å²) >= 11 is 0. The fourth-order valence-corrected chi connectivity index (χ4v) is 1.89. The van der Waals surface area contributed by atoms with Crippen LogP contribution in [0.5, 0.6) is 0 Å². The molecule has 0 fully saturated rings. The molecule has 0 radical (unpaired) electrons. The monoisotopic (exact) mass is 255 g/mol. The number of nitrogens with zero attached hydrogens (tertiary/aromatic N) is 2. The van der Waals surface area contributed by atoms with Crippen LogP contribution in [0.3, 0.4) is 0 Å². The van der Waals surface area contributed by atoms with E-state index in [1.165, 1.54) is 0 Å². The van der Waals surface area contributed by atoms with E-state index in [4.69, 9.17) is 0 Å². The van der Waals surface area contributed by atoms with Gasteiger partial charge in [-0.15, -0.1) is 0 Å². The van der Waals surface area contributed by atoms with Gasteiger partial charge in [0.05, 0.1) is 24.0 Å². The Morgan fingerprint density at radius 1 is 1.26 bits per heavy atom. The smallest absolute Gasteiger partial charge is 0.226 e. The molecule has 6 nitrogen and oxygen atoms in total. The summed E-state index contributed by atoms with van der Waals surface area (Å²) in [5.74, 6) is 0.684. The number of nitrogens with one attached hydrogen (secondary N) is 3. The maximum Gasteiger partial charge on any atom is 0.226 e. The number of benzene rings is 1. The first kappa shape index (κ1) is 11.5. The van der Waals surface area contributed by atoms with Gasteiger partial charge in [-0.05, 0) is 18.2 Å². The quantitative estimate of drug-likeness (QED) is 0.653. The van der Waals surface area contributed by atoms with Crippen molar-refractivity contribution in [2.75, 3.05) is 0 Å². The van der Waals surface area contributed by atoms with Crippen molar-refractivity contribution in [1.82, 2.24) is 25.5 Å². The molecule has 96 valence electrons. The Hall–Kier alpha value is -2.63. The summed E-state index contributed by atoms with van der Waals surface area (Å²) in [7, 11) is 0. The molecular weight excluding hydrogens is 242 g/mol. The molecule has 0 bridgehead atoms. The van der Waals surface area contributed by atoms with Crippen LogP contribution >= 0.6 is 0 Å². The highest BCUT2D eigenvalue weighted by atomic mass is 16.1. The minimum Gasteiger partial charge on any atom is -0.349 e. The number of imidazole rings is 1. The lowest BCUT2D eigenvalue weighted by Gasteiger charge is -2.01. The molecule has 2 heterocycles. The van der Waals surface area contributed by atoms with Crippen LogP contribution in [-0.4, -0.2) is 26.1 Å². The SMILES string of the molecule is O=C(Cc1ccn[nH]1)NCc1nc2ccccc2[nH]1. The molecule has 0 saturated carbocycles. The lowest BCUT2D eigenvalue weighted by molar-refractivity contribution is -0.120. The number of rotatable bonds is 4. The summed E-state index contributed by atoms with van der Waals surface area (Å²) in [5, 5.41) is 9.37. The van der Waals surface area contributed by atoms with Gasteiger partial charge in [0.25, 0.3) is 0 Å². The van der Waals surface area contributed by atoms with E-state index in [1.807, 2.05) is 24.3 Å². The highest BCUT2D eigenvalue weighted by Crippen LogP contribution is 2.09. The number of amides is 1. The third-order valence-electron chi connectivity index (χ3n) is 2.80. The second kappa shape index (κ2) is 4.93. The number of para-hydroxylation sites is 2. The van der Waals surface area contributed by atoms with E-state index in [-0.39, 0.29) is 5.91 Å². The van der Waals surface area contributed by atoms with Crippen molar-refractivity contribution in [2.24, 2.45) is 0 Å². The Labute approximate surface area is 109 Å². The molecule has 0 spiro atoms. The normalized spacial score (nSPS) is 10.7. The van der Waals surface area contributed by atoms with E-state index in [0.29, 0.717) is 13.0 Å². The van der Waals surface area contributed by atoms with Crippen LogP contribution in [0.2, 0.25) is 0 Å². The van der Waals surface area contributed by atoms with Gasteiger partial charge in [-0.2, -0.15) is 5.10 Å². The Balaban J connectivity index is 1.61. The zero-order valence-corrected chi connectivity index (χ0v) is 10.2. The van der Waals surface area contributed by atoms with Crippen molar-refractivity contribution in [3.05, 3.63) is 48.0 Å². The van der Waals surface area contributed by atoms with Gasteiger partial charge >= 0.3 is 0 Å². The van der Waals surface area contributed by atoms with Gasteiger partial charge in [-0.25, -0.2) is 4.98 Å². The number of aromatic nitrogens is 4. The number of hydrogen-bond acceptors (Lipinski definition) is 3. The molecule has 0 unspecified atom stereocenters. The van der Waals surface area contributed by atoms with Gasteiger partial charge in [0.1, 0.15) is 5.82 Å². The Morgan fingerprint density at radius 3 is 2.95 bits per heavy atom. The van der Waals surface area contributed by atoms with Crippen molar-refractivity contribution in [3.63, 3.8) is 0 Å². The first-order valence-electron chi connectivity index (χ1n) is 6.00. The highest BCUT2D eigenvalue weighted by molar-refractivity contribution is 5.78. The molecule has 3 aromatic rings. The van der Waals surface area contributed by atoms with Crippen LogP contribution in [0.25, 0.3) is 11.0 Å². The molecule has 3 rings (SSSR count). The Bertz CT molecular complexity index is 653. The standard InChI is InChI=1S/C13H13N5O/c19-13(7-9-5-6-15-18-9)14-8-12-16-10-3-1-2-4-11(10)17-12/h1-6H,7-8H2,(H,14,19)(H,15,18)(H,16,17).